The number of hydrogen-bond donors (Lipinski definition) is 1. The first-order valence-corrected chi connectivity index (χ1v) is 14.2. The quantitative estimate of drug-likeness (QED) is 0.224. The maximum atomic E-state index is 13.8. The molecule has 1 atom stereocenters. The van der Waals surface area contributed by atoms with Crippen LogP contribution in [-0.4, -0.2) is 43.9 Å². The van der Waals surface area contributed by atoms with Crippen LogP contribution in [0.25, 0.3) is 5.69 Å². The number of halogens is 2. The highest BCUT2D eigenvalue weighted by Crippen LogP contribution is 2.29. The van der Waals surface area contributed by atoms with Gasteiger partial charge in [-0.05, 0) is 88.4 Å². The molecule has 1 N–H and O–H groups in total. The zero-order valence-electron chi connectivity index (χ0n) is 23.2. The van der Waals surface area contributed by atoms with Crippen molar-refractivity contribution in [3.8, 4) is 11.4 Å². The molecule has 0 aliphatic rings. The van der Waals surface area contributed by atoms with E-state index in [0.29, 0.717) is 27.4 Å². The van der Waals surface area contributed by atoms with Crippen molar-refractivity contribution in [3.63, 3.8) is 0 Å². The Labute approximate surface area is 247 Å². The SMILES string of the molecule is CC(Sc1nnc(COc2ccc(Cl)cc2)n1-c1ccccc1)C(=O)N(CC(=O)NC(C)(C)C)c1ccc(F)cc1. The fourth-order valence-corrected chi connectivity index (χ4v) is 5.01. The minimum atomic E-state index is -0.667. The molecule has 1 unspecified atom stereocenters. The first-order valence-electron chi connectivity index (χ1n) is 12.9. The molecule has 0 spiro atoms. The Hall–Kier alpha value is -3.89. The van der Waals surface area contributed by atoms with Gasteiger partial charge >= 0.3 is 0 Å². The predicted octanol–water partition coefficient (Wildman–Crippen LogP) is 6.07. The summed E-state index contributed by atoms with van der Waals surface area (Å²) in [5.74, 6) is 0.0483. The average molecular weight is 596 g/mol. The van der Waals surface area contributed by atoms with Gasteiger partial charge in [-0.3, -0.25) is 14.2 Å². The highest BCUT2D eigenvalue weighted by Gasteiger charge is 2.28. The fraction of sp³-hybridized carbons (Fsp3) is 0.267. The summed E-state index contributed by atoms with van der Waals surface area (Å²) in [7, 11) is 0. The third-order valence-corrected chi connectivity index (χ3v) is 7.03. The topological polar surface area (TPSA) is 89.4 Å². The fourth-order valence-electron chi connectivity index (χ4n) is 3.93. The molecule has 0 radical (unpaired) electrons. The van der Waals surface area contributed by atoms with Crippen molar-refractivity contribution in [1.29, 1.82) is 0 Å². The van der Waals surface area contributed by atoms with Crippen molar-refractivity contribution in [1.82, 2.24) is 20.1 Å². The lowest BCUT2D eigenvalue weighted by Crippen LogP contribution is -2.48. The summed E-state index contributed by atoms with van der Waals surface area (Å²) in [4.78, 5) is 27.9. The van der Waals surface area contributed by atoms with Gasteiger partial charge in [-0.15, -0.1) is 10.2 Å². The number of nitrogens with zero attached hydrogens (tertiary/aromatic N) is 4. The van der Waals surface area contributed by atoms with E-state index in [1.807, 2.05) is 55.7 Å². The molecule has 0 fully saturated rings. The molecule has 1 aromatic heterocycles. The van der Waals surface area contributed by atoms with E-state index >= 15 is 0 Å². The second kappa shape index (κ2) is 13.2. The third kappa shape index (κ3) is 8.31. The van der Waals surface area contributed by atoms with Gasteiger partial charge in [-0.2, -0.15) is 0 Å². The Bertz CT molecular complexity index is 1480. The summed E-state index contributed by atoms with van der Waals surface area (Å²) in [6, 6.07) is 22.0. The Morgan fingerprint density at radius 3 is 2.32 bits per heavy atom. The van der Waals surface area contributed by atoms with Crippen molar-refractivity contribution >= 4 is 40.9 Å². The van der Waals surface area contributed by atoms with Gasteiger partial charge in [0.05, 0.1) is 5.25 Å². The summed E-state index contributed by atoms with van der Waals surface area (Å²) in [5, 5.41) is 12.0. The van der Waals surface area contributed by atoms with Gasteiger partial charge in [0.2, 0.25) is 11.8 Å². The Balaban J connectivity index is 1.59. The summed E-state index contributed by atoms with van der Waals surface area (Å²) in [5.41, 5.74) is 0.731. The number of aromatic nitrogens is 3. The number of nitrogens with one attached hydrogen (secondary N) is 1. The second-order valence-corrected chi connectivity index (χ2v) is 12.0. The van der Waals surface area contributed by atoms with Crippen molar-refractivity contribution < 1.29 is 18.7 Å². The molecule has 11 heteroatoms. The number of benzene rings is 3. The van der Waals surface area contributed by atoms with E-state index in [-0.39, 0.29) is 25.0 Å². The maximum absolute atomic E-state index is 13.8. The number of thioether (sulfide) groups is 1. The van der Waals surface area contributed by atoms with Crippen LogP contribution < -0.4 is 15.0 Å². The van der Waals surface area contributed by atoms with Crippen molar-refractivity contribution in [3.05, 3.63) is 95.5 Å². The van der Waals surface area contributed by atoms with E-state index in [4.69, 9.17) is 16.3 Å². The zero-order chi connectivity index (χ0) is 29.6. The lowest BCUT2D eigenvalue weighted by molar-refractivity contribution is -0.124. The van der Waals surface area contributed by atoms with E-state index < -0.39 is 16.6 Å². The number of carbonyl (C=O) groups is 2. The van der Waals surface area contributed by atoms with E-state index in [2.05, 4.69) is 15.5 Å². The van der Waals surface area contributed by atoms with Crippen LogP contribution in [0.4, 0.5) is 10.1 Å². The van der Waals surface area contributed by atoms with E-state index in [9.17, 15) is 14.0 Å². The number of carbonyl (C=O) groups excluding carboxylic acids is 2. The summed E-state index contributed by atoms with van der Waals surface area (Å²) >= 11 is 7.18. The number of rotatable bonds is 10. The molecule has 0 saturated heterocycles. The van der Waals surface area contributed by atoms with Crippen molar-refractivity contribution in [2.24, 2.45) is 0 Å². The smallest absolute Gasteiger partial charge is 0.240 e. The first-order chi connectivity index (χ1) is 19.5. The lowest BCUT2D eigenvalue weighted by Gasteiger charge is -2.27. The minimum absolute atomic E-state index is 0.126. The normalized spacial score (nSPS) is 12.0. The van der Waals surface area contributed by atoms with Crippen LogP contribution >= 0.6 is 23.4 Å². The van der Waals surface area contributed by atoms with Crippen LogP contribution in [0.2, 0.25) is 5.02 Å². The largest absolute Gasteiger partial charge is 0.486 e. The molecule has 0 bridgehead atoms. The lowest BCUT2D eigenvalue weighted by atomic mass is 10.1. The Kier molecular flexibility index (Phi) is 9.67. The minimum Gasteiger partial charge on any atom is -0.486 e. The standard InChI is InChI=1S/C30H31ClFN5O3S/c1-20(28(39)36(18-27(38)33-30(2,3)4)23-14-12-22(32)13-15-23)41-29-35-34-26(37(29)24-8-6-5-7-9-24)19-40-25-16-10-21(31)11-17-25/h5-17,20H,18-19H2,1-4H3,(H,33,38). The van der Waals surface area contributed by atoms with Crippen LogP contribution in [0, 0.1) is 5.82 Å². The third-order valence-electron chi connectivity index (χ3n) is 5.75. The number of para-hydroxylation sites is 1. The van der Waals surface area contributed by atoms with E-state index in [1.54, 1.807) is 31.2 Å². The average Bonchev–Trinajstić information content (AvgIpc) is 3.33. The molecule has 4 rings (SSSR count). The van der Waals surface area contributed by atoms with Gasteiger partial charge in [0.15, 0.2) is 11.0 Å². The highest BCUT2D eigenvalue weighted by atomic mass is 35.5. The molecular formula is C30H31ClFN5O3S. The monoisotopic (exact) mass is 595 g/mol. The molecule has 8 nitrogen and oxygen atoms in total. The van der Waals surface area contributed by atoms with Crippen LogP contribution in [0.3, 0.4) is 0 Å². The van der Waals surface area contributed by atoms with E-state index in [0.717, 1.165) is 5.69 Å². The molecule has 214 valence electrons. The molecule has 0 saturated carbocycles. The maximum Gasteiger partial charge on any atom is 0.240 e. The molecule has 3 aromatic carbocycles. The van der Waals surface area contributed by atoms with Crippen LogP contribution in [-0.2, 0) is 16.2 Å². The van der Waals surface area contributed by atoms with Crippen LogP contribution in [0.15, 0.2) is 84.0 Å². The molecule has 1 heterocycles. The zero-order valence-corrected chi connectivity index (χ0v) is 24.7. The summed E-state index contributed by atoms with van der Waals surface area (Å²) < 4.78 is 21.4. The highest BCUT2D eigenvalue weighted by molar-refractivity contribution is 8.00. The second-order valence-electron chi connectivity index (χ2n) is 10.3. The van der Waals surface area contributed by atoms with Crippen LogP contribution in [0.1, 0.15) is 33.5 Å². The molecule has 0 aliphatic carbocycles. The van der Waals surface area contributed by atoms with Gasteiger partial charge < -0.3 is 15.0 Å². The van der Waals surface area contributed by atoms with Gasteiger partial charge in [0.25, 0.3) is 0 Å². The van der Waals surface area contributed by atoms with E-state index in [1.165, 1.54) is 40.9 Å². The summed E-state index contributed by atoms with van der Waals surface area (Å²) in [6.07, 6.45) is 0. The Morgan fingerprint density at radius 1 is 1.02 bits per heavy atom. The Morgan fingerprint density at radius 2 is 1.68 bits per heavy atom. The summed E-state index contributed by atoms with van der Waals surface area (Å²) in [6.45, 7) is 7.21. The van der Waals surface area contributed by atoms with Crippen molar-refractivity contribution in [2.75, 3.05) is 11.4 Å². The molecule has 41 heavy (non-hydrogen) atoms. The number of amides is 2. The van der Waals surface area contributed by atoms with Crippen LogP contribution in [0.5, 0.6) is 5.75 Å². The molecule has 0 aliphatic heterocycles. The first kappa shape index (κ1) is 30.1. The number of hydrogen-bond acceptors (Lipinski definition) is 6. The molecular weight excluding hydrogens is 565 g/mol. The number of ether oxygens (including phenoxy) is 1. The number of anilines is 1. The van der Waals surface area contributed by atoms with Gasteiger partial charge in [-0.1, -0.05) is 41.6 Å². The van der Waals surface area contributed by atoms with Gasteiger partial charge in [-0.25, -0.2) is 4.39 Å². The van der Waals surface area contributed by atoms with Crippen molar-refractivity contribution in [2.45, 2.75) is 50.2 Å². The molecule has 4 aromatic rings. The van der Waals surface area contributed by atoms with Gasteiger partial charge in [0.1, 0.15) is 24.7 Å². The van der Waals surface area contributed by atoms with Gasteiger partial charge in [0, 0.05) is 21.9 Å². The predicted molar refractivity (Wildman–Crippen MR) is 159 cm³/mol. The molecule has 2 amide bonds.